The van der Waals surface area contributed by atoms with Gasteiger partial charge in [0, 0.05) is 5.56 Å². The van der Waals surface area contributed by atoms with E-state index < -0.39 is 0 Å². The lowest BCUT2D eigenvalue weighted by Gasteiger charge is -2.13. The van der Waals surface area contributed by atoms with Gasteiger partial charge in [-0.05, 0) is 59.6 Å². The summed E-state index contributed by atoms with van der Waals surface area (Å²) in [5.74, 6) is 1.72. The van der Waals surface area contributed by atoms with Crippen molar-refractivity contribution in [3.63, 3.8) is 0 Å². The van der Waals surface area contributed by atoms with Crippen molar-refractivity contribution in [1.82, 2.24) is 9.66 Å². The largest absolute Gasteiger partial charge is 0.490 e. The first-order valence-electron chi connectivity index (χ1n) is 10.3. The van der Waals surface area contributed by atoms with Crippen LogP contribution in [0.15, 0.2) is 81.1 Å². The summed E-state index contributed by atoms with van der Waals surface area (Å²) < 4.78 is 13.5. The lowest BCUT2D eigenvalue weighted by atomic mass is 10.2. The lowest BCUT2D eigenvalue weighted by Crippen LogP contribution is -2.20. The number of nitrogens with zero attached hydrogens (tertiary/aromatic N) is 3. The number of ether oxygens (including phenoxy) is 2. The lowest BCUT2D eigenvalue weighted by molar-refractivity contribution is 0.286. The van der Waals surface area contributed by atoms with Crippen molar-refractivity contribution in [1.29, 1.82) is 0 Å². The van der Waals surface area contributed by atoms with Crippen LogP contribution >= 0.6 is 15.9 Å². The van der Waals surface area contributed by atoms with E-state index in [2.05, 4.69) is 21.0 Å². The van der Waals surface area contributed by atoms with Crippen molar-refractivity contribution in [2.24, 2.45) is 5.10 Å². The van der Waals surface area contributed by atoms with E-state index in [1.807, 2.05) is 74.5 Å². The molecule has 162 valence electrons. The molecule has 32 heavy (non-hydrogen) atoms. The summed E-state index contributed by atoms with van der Waals surface area (Å²) in [6, 6.07) is 20.5. The molecule has 0 aliphatic heterocycles. The molecule has 3 aromatic carbocycles. The maximum Gasteiger partial charge on any atom is 0.282 e. The van der Waals surface area contributed by atoms with Crippen LogP contribution in [0.25, 0.3) is 22.3 Å². The van der Waals surface area contributed by atoms with Crippen LogP contribution in [0.5, 0.6) is 11.5 Å². The molecule has 0 bridgehead atoms. The van der Waals surface area contributed by atoms with Crippen LogP contribution in [0.1, 0.15) is 19.4 Å². The molecule has 0 radical (unpaired) electrons. The maximum atomic E-state index is 13.3. The molecule has 0 N–H and O–H groups in total. The minimum atomic E-state index is -0.235. The maximum absolute atomic E-state index is 13.3. The molecule has 0 aliphatic carbocycles. The molecule has 0 aliphatic rings. The van der Waals surface area contributed by atoms with Crippen LogP contribution < -0.4 is 15.0 Å². The highest BCUT2D eigenvalue weighted by Crippen LogP contribution is 2.36. The van der Waals surface area contributed by atoms with E-state index in [0.29, 0.717) is 41.4 Å². The Balaban J connectivity index is 1.85. The average molecular weight is 492 g/mol. The molecule has 0 unspecified atom stereocenters. The summed E-state index contributed by atoms with van der Waals surface area (Å²) in [6.07, 6.45) is 1.62. The first kappa shape index (κ1) is 21.8. The first-order chi connectivity index (χ1) is 15.6. The summed E-state index contributed by atoms with van der Waals surface area (Å²) in [5.41, 5.74) is 1.95. The van der Waals surface area contributed by atoms with Gasteiger partial charge in [0.25, 0.3) is 5.56 Å². The average Bonchev–Trinajstić information content (AvgIpc) is 2.81. The Bertz CT molecular complexity index is 1330. The second kappa shape index (κ2) is 9.78. The van der Waals surface area contributed by atoms with Crippen molar-refractivity contribution >= 4 is 33.0 Å². The van der Waals surface area contributed by atoms with Crippen molar-refractivity contribution in [3.05, 3.63) is 87.1 Å². The zero-order valence-electron chi connectivity index (χ0n) is 17.8. The fraction of sp³-hybridized carbons (Fsp3) is 0.160. The summed E-state index contributed by atoms with van der Waals surface area (Å²) >= 11 is 3.55. The van der Waals surface area contributed by atoms with Gasteiger partial charge in [-0.15, -0.1) is 0 Å². The van der Waals surface area contributed by atoms with Gasteiger partial charge in [-0.3, -0.25) is 4.79 Å². The van der Waals surface area contributed by atoms with Crippen LogP contribution in [0.4, 0.5) is 0 Å². The van der Waals surface area contributed by atoms with Crippen LogP contribution in [0.2, 0.25) is 0 Å². The molecule has 7 heteroatoms. The Kier molecular flexibility index (Phi) is 6.66. The molecule has 6 nitrogen and oxygen atoms in total. The van der Waals surface area contributed by atoms with Crippen molar-refractivity contribution in [2.75, 3.05) is 13.2 Å². The van der Waals surface area contributed by atoms with Gasteiger partial charge in [0.1, 0.15) is 0 Å². The third-order valence-electron chi connectivity index (χ3n) is 4.73. The summed E-state index contributed by atoms with van der Waals surface area (Å²) in [5, 5.41) is 5.03. The quantitative estimate of drug-likeness (QED) is 0.320. The Morgan fingerprint density at radius 2 is 1.72 bits per heavy atom. The van der Waals surface area contributed by atoms with Gasteiger partial charge >= 0.3 is 0 Å². The molecule has 0 saturated carbocycles. The minimum Gasteiger partial charge on any atom is -0.490 e. The van der Waals surface area contributed by atoms with Gasteiger partial charge in [-0.25, -0.2) is 4.98 Å². The minimum absolute atomic E-state index is 0.235. The topological polar surface area (TPSA) is 65.7 Å². The highest BCUT2D eigenvalue weighted by molar-refractivity contribution is 9.10. The number of para-hydroxylation sites is 1. The highest BCUT2D eigenvalue weighted by Gasteiger charge is 2.14. The van der Waals surface area contributed by atoms with Gasteiger partial charge in [-0.2, -0.15) is 9.78 Å². The van der Waals surface area contributed by atoms with Crippen molar-refractivity contribution in [3.8, 4) is 22.9 Å². The second-order valence-electron chi connectivity index (χ2n) is 6.88. The predicted molar refractivity (Wildman–Crippen MR) is 131 cm³/mol. The monoisotopic (exact) mass is 491 g/mol. The molecule has 0 saturated heterocycles. The normalized spacial score (nSPS) is 11.2. The highest BCUT2D eigenvalue weighted by atomic mass is 79.9. The summed E-state index contributed by atoms with van der Waals surface area (Å²) in [7, 11) is 0. The van der Waals surface area contributed by atoms with Crippen LogP contribution in [0.3, 0.4) is 0 Å². The van der Waals surface area contributed by atoms with Gasteiger partial charge in [0.15, 0.2) is 17.3 Å². The van der Waals surface area contributed by atoms with E-state index >= 15 is 0 Å². The van der Waals surface area contributed by atoms with E-state index in [0.717, 1.165) is 15.6 Å². The number of aromatic nitrogens is 2. The predicted octanol–water partition coefficient (Wildman–Crippen LogP) is 5.51. The Labute approximate surface area is 194 Å². The van der Waals surface area contributed by atoms with E-state index in [9.17, 15) is 4.79 Å². The first-order valence-corrected chi connectivity index (χ1v) is 11.1. The second-order valence-corrected chi connectivity index (χ2v) is 7.73. The van der Waals surface area contributed by atoms with E-state index in [4.69, 9.17) is 14.5 Å². The number of hydrogen-bond acceptors (Lipinski definition) is 5. The van der Waals surface area contributed by atoms with Crippen LogP contribution in [0, 0.1) is 0 Å². The molecule has 4 rings (SSSR count). The van der Waals surface area contributed by atoms with Crippen LogP contribution in [-0.4, -0.2) is 29.1 Å². The van der Waals surface area contributed by atoms with E-state index in [-0.39, 0.29) is 5.56 Å². The zero-order valence-corrected chi connectivity index (χ0v) is 19.4. The standard InChI is InChI=1S/C25H22BrN3O3/c1-3-31-22-15-17(14-20(26)23(22)32-4-2)16-27-29-24(18-10-6-5-7-11-18)28-21-13-9-8-12-19(21)25(29)30/h5-16H,3-4H2,1-2H3. The number of rotatable bonds is 7. The van der Waals surface area contributed by atoms with Gasteiger partial charge in [0.2, 0.25) is 0 Å². The summed E-state index contributed by atoms with van der Waals surface area (Å²) in [4.78, 5) is 18.0. The fourth-order valence-corrected chi connectivity index (χ4v) is 3.91. The molecule has 0 spiro atoms. The van der Waals surface area contributed by atoms with Gasteiger partial charge in [0.05, 0.1) is 34.8 Å². The molecule has 0 fully saturated rings. The molecule has 0 amide bonds. The smallest absolute Gasteiger partial charge is 0.282 e. The number of halogens is 1. The van der Waals surface area contributed by atoms with Crippen molar-refractivity contribution < 1.29 is 9.47 Å². The zero-order chi connectivity index (χ0) is 22.5. The summed E-state index contributed by atoms with van der Waals surface area (Å²) in [6.45, 7) is 4.85. The third kappa shape index (κ3) is 4.43. The molecule has 1 heterocycles. The number of fused-ring (bicyclic) bond motifs is 1. The Hall–Kier alpha value is -3.45. The van der Waals surface area contributed by atoms with Crippen LogP contribution in [-0.2, 0) is 0 Å². The number of hydrogen-bond donors (Lipinski definition) is 0. The molecular weight excluding hydrogens is 470 g/mol. The van der Waals surface area contributed by atoms with E-state index in [1.54, 1.807) is 12.3 Å². The molecule has 0 atom stereocenters. The SMILES string of the molecule is CCOc1cc(C=Nn2c(-c3ccccc3)nc3ccccc3c2=O)cc(Br)c1OCC. The fourth-order valence-electron chi connectivity index (χ4n) is 3.34. The molecule has 4 aromatic rings. The molecular formula is C25H22BrN3O3. The Morgan fingerprint density at radius 1 is 1.00 bits per heavy atom. The van der Waals surface area contributed by atoms with Crippen molar-refractivity contribution in [2.45, 2.75) is 13.8 Å². The Morgan fingerprint density at radius 3 is 2.47 bits per heavy atom. The number of benzene rings is 3. The van der Waals surface area contributed by atoms with E-state index in [1.165, 1.54) is 4.68 Å². The molecule has 1 aromatic heterocycles. The third-order valence-corrected chi connectivity index (χ3v) is 5.32. The van der Waals surface area contributed by atoms with Gasteiger partial charge in [-0.1, -0.05) is 42.5 Å². The van der Waals surface area contributed by atoms with Gasteiger partial charge < -0.3 is 9.47 Å².